The summed E-state index contributed by atoms with van der Waals surface area (Å²) in [7, 11) is -3.14. The molecule has 0 aromatic heterocycles. The molecule has 0 bridgehead atoms. The Balaban J connectivity index is 2.91. The molecule has 0 fully saturated rings. The van der Waals surface area contributed by atoms with Crippen LogP contribution in [0.3, 0.4) is 0 Å². The second kappa shape index (κ2) is 9.48. The summed E-state index contributed by atoms with van der Waals surface area (Å²) >= 11 is 0. The Labute approximate surface area is 148 Å². The summed E-state index contributed by atoms with van der Waals surface area (Å²) < 4.78 is 78.2. The molecule has 26 heavy (non-hydrogen) atoms. The molecule has 0 spiro atoms. The van der Waals surface area contributed by atoms with Crippen LogP contribution in [-0.2, 0) is 24.3 Å². The van der Waals surface area contributed by atoms with Crippen molar-refractivity contribution in [3.63, 3.8) is 0 Å². The first-order valence-electron chi connectivity index (χ1n) is 7.13. The van der Waals surface area contributed by atoms with Crippen LogP contribution in [0.1, 0.15) is 11.7 Å². The molecule has 0 aliphatic heterocycles. The van der Waals surface area contributed by atoms with Crippen molar-refractivity contribution in [1.29, 1.82) is 0 Å². The van der Waals surface area contributed by atoms with Crippen molar-refractivity contribution in [1.82, 2.24) is 0 Å². The number of aliphatic hydroxyl groups is 2. The Kier molecular flexibility index (Phi) is 8.24. The number of benzene rings is 1. The third-order valence-corrected chi connectivity index (χ3v) is 4.17. The zero-order valence-electron chi connectivity index (χ0n) is 13.8. The van der Waals surface area contributed by atoms with Gasteiger partial charge in [-0.15, -0.1) is 0 Å². The fourth-order valence-electron chi connectivity index (χ4n) is 1.94. The molecule has 1 aromatic rings. The first kappa shape index (κ1) is 22.6. The van der Waals surface area contributed by atoms with Crippen LogP contribution >= 0.6 is 0 Å². The minimum Gasteiger partial charge on any atom is -0.393 e. The number of alkyl halides is 3. The van der Waals surface area contributed by atoms with Gasteiger partial charge in [-0.25, -0.2) is 0 Å². The zero-order chi connectivity index (χ0) is 20.0. The van der Waals surface area contributed by atoms with Crippen molar-refractivity contribution in [2.24, 2.45) is 0 Å². The summed E-state index contributed by atoms with van der Waals surface area (Å²) in [6.07, 6.45) is -2.86. The number of rotatable bonds is 10. The third kappa shape index (κ3) is 5.79. The monoisotopic (exact) mass is 404 g/mol. The number of hydrogen-bond acceptors (Lipinski definition) is 8. The van der Waals surface area contributed by atoms with Crippen molar-refractivity contribution in [2.45, 2.75) is 24.0 Å². The predicted octanol–water partition coefficient (Wildman–Crippen LogP) is 0.945. The van der Waals surface area contributed by atoms with E-state index in [2.05, 4.69) is 4.18 Å². The molecule has 0 amide bonds. The van der Waals surface area contributed by atoms with Gasteiger partial charge in [-0.3, -0.25) is 0 Å². The van der Waals surface area contributed by atoms with Gasteiger partial charge in [0.1, 0.15) is 18.0 Å². The standard InChI is InChI=1S/C14H19F3O8S/c1-22-13(23-2)12(8-19)24-11(7-18)9-3-5-10(6-4-9)25-26(20,21)14(15,16)17/h3-6,11-13,18-19H,7-8H2,1-2H3/t11-,12-/m0/s1. The van der Waals surface area contributed by atoms with Gasteiger partial charge in [0, 0.05) is 14.2 Å². The fourth-order valence-corrected chi connectivity index (χ4v) is 2.40. The van der Waals surface area contributed by atoms with E-state index in [1.807, 2.05) is 0 Å². The summed E-state index contributed by atoms with van der Waals surface area (Å²) in [4.78, 5) is 0. The van der Waals surface area contributed by atoms with Crippen molar-refractivity contribution < 1.29 is 50.2 Å². The smallest absolute Gasteiger partial charge is 0.393 e. The van der Waals surface area contributed by atoms with E-state index < -0.39 is 53.1 Å². The fraction of sp³-hybridized carbons (Fsp3) is 0.571. The highest BCUT2D eigenvalue weighted by Gasteiger charge is 2.48. The van der Waals surface area contributed by atoms with Gasteiger partial charge < -0.3 is 28.6 Å². The molecule has 12 heteroatoms. The molecule has 0 heterocycles. The maximum absolute atomic E-state index is 12.3. The molecule has 8 nitrogen and oxygen atoms in total. The van der Waals surface area contributed by atoms with Crippen LogP contribution in [0.5, 0.6) is 5.75 Å². The van der Waals surface area contributed by atoms with E-state index in [0.29, 0.717) is 5.56 Å². The maximum atomic E-state index is 12.3. The highest BCUT2D eigenvalue weighted by atomic mass is 32.2. The zero-order valence-corrected chi connectivity index (χ0v) is 14.7. The quantitative estimate of drug-likeness (QED) is 0.337. The number of methoxy groups -OCH3 is 2. The molecule has 1 rings (SSSR count). The van der Waals surface area contributed by atoms with E-state index in [1.165, 1.54) is 26.4 Å². The molecule has 0 aliphatic carbocycles. The molecule has 2 atom stereocenters. The highest BCUT2D eigenvalue weighted by Crippen LogP contribution is 2.28. The predicted molar refractivity (Wildman–Crippen MR) is 81.6 cm³/mol. The largest absolute Gasteiger partial charge is 0.534 e. The van der Waals surface area contributed by atoms with Crippen LogP contribution in [0.4, 0.5) is 13.2 Å². The summed E-state index contributed by atoms with van der Waals surface area (Å²) in [5.41, 5.74) is -5.25. The summed E-state index contributed by atoms with van der Waals surface area (Å²) in [6.45, 7) is -1.02. The number of hydrogen-bond donors (Lipinski definition) is 2. The molecule has 150 valence electrons. The minimum atomic E-state index is -5.78. The van der Waals surface area contributed by atoms with Crippen molar-refractivity contribution in [2.75, 3.05) is 27.4 Å². The Morgan fingerprint density at radius 1 is 1.04 bits per heavy atom. The van der Waals surface area contributed by atoms with Crippen LogP contribution in [0.2, 0.25) is 0 Å². The summed E-state index contributed by atoms with van der Waals surface area (Å²) in [5, 5.41) is 18.8. The lowest BCUT2D eigenvalue weighted by atomic mass is 10.1. The molecule has 0 aliphatic rings. The van der Waals surface area contributed by atoms with Gasteiger partial charge in [-0.2, -0.15) is 21.6 Å². The first-order chi connectivity index (χ1) is 12.1. The van der Waals surface area contributed by atoms with E-state index in [1.54, 1.807) is 0 Å². The third-order valence-electron chi connectivity index (χ3n) is 3.19. The van der Waals surface area contributed by atoms with Gasteiger partial charge in [-0.1, -0.05) is 12.1 Å². The van der Waals surface area contributed by atoms with Gasteiger partial charge >= 0.3 is 15.6 Å². The highest BCUT2D eigenvalue weighted by molar-refractivity contribution is 7.87. The average molecular weight is 404 g/mol. The average Bonchev–Trinajstić information content (AvgIpc) is 2.58. The Bertz CT molecular complexity index is 643. The van der Waals surface area contributed by atoms with E-state index in [4.69, 9.17) is 14.2 Å². The van der Waals surface area contributed by atoms with Gasteiger partial charge in [0.15, 0.2) is 6.29 Å². The second-order valence-electron chi connectivity index (χ2n) is 4.92. The number of ether oxygens (including phenoxy) is 3. The van der Waals surface area contributed by atoms with Crippen LogP contribution < -0.4 is 4.18 Å². The van der Waals surface area contributed by atoms with E-state index >= 15 is 0 Å². The van der Waals surface area contributed by atoms with Gasteiger partial charge in [-0.05, 0) is 17.7 Å². The molecular formula is C14H19F3O8S. The van der Waals surface area contributed by atoms with Crippen molar-refractivity contribution >= 4 is 10.1 Å². The normalized spacial score (nSPS) is 15.1. The lowest BCUT2D eigenvalue weighted by Crippen LogP contribution is -2.37. The molecular weight excluding hydrogens is 385 g/mol. The number of aliphatic hydroxyl groups excluding tert-OH is 2. The molecule has 0 saturated heterocycles. The maximum Gasteiger partial charge on any atom is 0.534 e. The lowest BCUT2D eigenvalue weighted by Gasteiger charge is -2.27. The molecule has 0 radical (unpaired) electrons. The Morgan fingerprint density at radius 3 is 1.96 bits per heavy atom. The van der Waals surface area contributed by atoms with Crippen LogP contribution in [0, 0.1) is 0 Å². The van der Waals surface area contributed by atoms with Crippen molar-refractivity contribution in [3.8, 4) is 5.75 Å². The molecule has 1 aromatic carbocycles. The van der Waals surface area contributed by atoms with E-state index in [0.717, 1.165) is 12.1 Å². The van der Waals surface area contributed by atoms with Gasteiger partial charge in [0.2, 0.25) is 0 Å². The first-order valence-corrected chi connectivity index (χ1v) is 8.54. The van der Waals surface area contributed by atoms with Crippen molar-refractivity contribution in [3.05, 3.63) is 29.8 Å². The number of halogens is 3. The SMILES string of the molecule is COC(OC)[C@H](CO)O[C@@H](CO)c1ccc(OS(=O)(=O)C(F)(F)F)cc1. The second-order valence-corrected chi connectivity index (χ2v) is 6.46. The van der Waals surface area contributed by atoms with E-state index in [9.17, 15) is 31.8 Å². The van der Waals surface area contributed by atoms with Gasteiger partial charge in [0.25, 0.3) is 0 Å². The topological polar surface area (TPSA) is 112 Å². The van der Waals surface area contributed by atoms with Crippen LogP contribution in [-0.4, -0.2) is 64.0 Å². The lowest BCUT2D eigenvalue weighted by molar-refractivity contribution is -0.208. The Morgan fingerprint density at radius 2 is 1.58 bits per heavy atom. The van der Waals surface area contributed by atoms with E-state index in [-0.39, 0.29) is 0 Å². The minimum absolute atomic E-state index is 0.300. The summed E-state index contributed by atoms with van der Waals surface area (Å²) in [5.74, 6) is -0.562. The Hall–Kier alpha value is -1.44. The molecule has 0 unspecified atom stereocenters. The van der Waals surface area contributed by atoms with Crippen LogP contribution in [0.15, 0.2) is 24.3 Å². The summed E-state index contributed by atoms with van der Waals surface area (Å²) in [6, 6.07) is 4.38. The molecule has 0 saturated carbocycles. The molecule has 2 N–H and O–H groups in total. The van der Waals surface area contributed by atoms with Gasteiger partial charge in [0.05, 0.1) is 13.2 Å². The van der Waals surface area contributed by atoms with Crippen LogP contribution in [0.25, 0.3) is 0 Å².